The van der Waals surface area contributed by atoms with Crippen LogP contribution in [0.4, 0.5) is 0 Å². The van der Waals surface area contributed by atoms with Crippen molar-refractivity contribution < 1.29 is 0 Å². The van der Waals surface area contributed by atoms with Crippen LogP contribution in [0.2, 0.25) is 0 Å². The molecule has 12 heavy (non-hydrogen) atoms. The van der Waals surface area contributed by atoms with Crippen LogP contribution in [-0.4, -0.2) is 0 Å². The molecule has 1 rings (SSSR count). The molecule has 1 aromatic carbocycles. The Kier molecular flexibility index (Phi) is 3.18. The van der Waals surface area contributed by atoms with Gasteiger partial charge in [-0.1, -0.05) is 43.0 Å². The van der Waals surface area contributed by atoms with Gasteiger partial charge in [0.1, 0.15) is 0 Å². The van der Waals surface area contributed by atoms with Gasteiger partial charge in [-0.25, -0.2) is 0 Å². The van der Waals surface area contributed by atoms with Gasteiger partial charge < -0.3 is 0 Å². The molecule has 0 amide bonds. The van der Waals surface area contributed by atoms with Crippen LogP contribution in [0.5, 0.6) is 0 Å². The van der Waals surface area contributed by atoms with Crippen molar-refractivity contribution in [3.63, 3.8) is 0 Å². The second kappa shape index (κ2) is 4.17. The zero-order chi connectivity index (χ0) is 8.97. The molecule has 0 aliphatic heterocycles. The fraction of sp³-hybridized carbons (Fsp3) is 0.0909. The summed E-state index contributed by atoms with van der Waals surface area (Å²) in [5, 5.41) is 0. The fourth-order valence-corrected chi connectivity index (χ4v) is 1.29. The van der Waals surface area contributed by atoms with Crippen LogP contribution in [0.3, 0.4) is 0 Å². The van der Waals surface area contributed by atoms with Gasteiger partial charge in [0.15, 0.2) is 0 Å². The molecular weight excluding hydrogens is 164 g/mol. The molecule has 0 radical (unpaired) electrons. The largest absolute Gasteiger partial charge is 0.143 e. The number of allylic oxidation sites excluding steroid dienone is 1. The lowest BCUT2D eigenvalue weighted by Gasteiger charge is -2.02. The molecule has 0 unspecified atom stereocenters. The Balaban J connectivity index is 3.17. The van der Waals surface area contributed by atoms with Gasteiger partial charge >= 0.3 is 0 Å². The lowest BCUT2D eigenvalue weighted by molar-refractivity contribution is 1.60. The molecule has 1 aromatic rings. The molecule has 0 bridgehead atoms. The number of hydrogen-bond acceptors (Lipinski definition) is 1. The van der Waals surface area contributed by atoms with E-state index in [1.54, 1.807) is 0 Å². The first-order valence-corrected chi connectivity index (χ1v) is 4.30. The summed E-state index contributed by atoms with van der Waals surface area (Å²) in [5.74, 6) is 0. The van der Waals surface area contributed by atoms with Crippen LogP contribution in [0.25, 0.3) is 11.0 Å². The van der Waals surface area contributed by atoms with E-state index in [4.69, 9.17) is 0 Å². The Morgan fingerprint density at radius 2 is 2.08 bits per heavy atom. The summed E-state index contributed by atoms with van der Waals surface area (Å²) in [6, 6.07) is 8.07. The number of thiol groups is 1. The Bertz CT molecular complexity index is 311. The van der Waals surface area contributed by atoms with Crippen molar-refractivity contribution in [1.82, 2.24) is 0 Å². The second-order valence-electron chi connectivity index (χ2n) is 2.53. The molecule has 0 fully saturated rings. The van der Waals surface area contributed by atoms with Gasteiger partial charge in [-0.15, -0.1) is 12.6 Å². The van der Waals surface area contributed by atoms with Crippen molar-refractivity contribution in [2.75, 3.05) is 0 Å². The Labute approximate surface area is 79.0 Å². The van der Waals surface area contributed by atoms with Crippen LogP contribution in [0.15, 0.2) is 36.9 Å². The summed E-state index contributed by atoms with van der Waals surface area (Å²) in [4.78, 5) is 0.809. The third-order valence-corrected chi connectivity index (χ3v) is 1.86. The molecule has 0 aromatic heterocycles. The third-order valence-electron chi connectivity index (χ3n) is 1.62. The molecule has 0 N–H and O–H groups in total. The fourth-order valence-electron chi connectivity index (χ4n) is 1.08. The van der Waals surface area contributed by atoms with Crippen LogP contribution in [0, 0.1) is 0 Å². The smallest absolute Gasteiger partial charge is 0.00465 e. The number of rotatable bonds is 2. The summed E-state index contributed by atoms with van der Waals surface area (Å²) < 4.78 is 0. The number of hydrogen-bond donors (Lipinski definition) is 1. The highest BCUT2D eigenvalue weighted by Crippen LogP contribution is 2.21. The standard InChI is InChI=1S/C11H12S/c1-3-6-10-7-4-5-8-11(10)9(2)12/h3-8,12H,2H2,1H3. The summed E-state index contributed by atoms with van der Waals surface area (Å²) >= 11 is 4.22. The zero-order valence-corrected chi connectivity index (χ0v) is 8.01. The summed E-state index contributed by atoms with van der Waals surface area (Å²) in [5.41, 5.74) is 2.26. The van der Waals surface area contributed by atoms with E-state index in [0.29, 0.717) is 0 Å². The average molecular weight is 176 g/mol. The third kappa shape index (κ3) is 2.02. The van der Waals surface area contributed by atoms with Gasteiger partial charge in [-0.3, -0.25) is 0 Å². The van der Waals surface area contributed by atoms with Gasteiger partial charge in [-0.2, -0.15) is 0 Å². The average Bonchev–Trinajstić information content (AvgIpc) is 2.05. The van der Waals surface area contributed by atoms with Crippen molar-refractivity contribution in [3.05, 3.63) is 48.0 Å². The molecule has 0 heterocycles. The van der Waals surface area contributed by atoms with Crippen LogP contribution >= 0.6 is 12.6 Å². The first kappa shape index (κ1) is 9.14. The van der Waals surface area contributed by atoms with Gasteiger partial charge in [0.2, 0.25) is 0 Å². The molecule has 0 aliphatic carbocycles. The predicted molar refractivity (Wildman–Crippen MR) is 59.2 cm³/mol. The minimum atomic E-state index is 0.809. The molecule has 0 saturated heterocycles. The molecule has 0 saturated carbocycles. The van der Waals surface area contributed by atoms with E-state index < -0.39 is 0 Å². The highest BCUT2D eigenvalue weighted by atomic mass is 32.1. The molecular formula is C11H12S. The van der Waals surface area contributed by atoms with Crippen LogP contribution < -0.4 is 0 Å². The first-order valence-electron chi connectivity index (χ1n) is 3.85. The Hall–Kier alpha value is -0.950. The molecule has 0 spiro atoms. The summed E-state index contributed by atoms with van der Waals surface area (Å²) in [6.45, 7) is 5.80. The summed E-state index contributed by atoms with van der Waals surface area (Å²) in [6.07, 6.45) is 4.06. The highest BCUT2D eigenvalue weighted by Gasteiger charge is 1.97. The topological polar surface area (TPSA) is 0 Å². The molecule has 0 nitrogen and oxygen atoms in total. The maximum absolute atomic E-state index is 4.22. The van der Waals surface area contributed by atoms with E-state index >= 15 is 0 Å². The van der Waals surface area contributed by atoms with Gasteiger partial charge in [0.05, 0.1) is 0 Å². The summed E-state index contributed by atoms with van der Waals surface area (Å²) in [7, 11) is 0. The molecule has 0 aliphatic rings. The van der Waals surface area contributed by atoms with Crippen LogP contribution in [0.1, 0.15) is 18.1 Å². The highest BCUT2D eigenvalue weighted by molar-refractivity contribution is 7.90. The van der Waals surface area contributed by atoms with Crippen molar-refractivity contribution in [1.29, 1.82) is 0 Å². The zero-order valence-electron chi connectivity index (χ0n) is 7.12. The molecule has 0 atom stereocenters. The van der Waals surface area contributed by atoms with Crippen LogP contribution in [-0.2, 0) is 0 Å². The molecule has 1 heteroatoms. The minimum absolute atomic E-state index is 0.809. The second-order valence-corrected chi connectivity index (χ2v) is 3.07. The Morgan fingerprint density at radius 3 is 2.67 bits per heavy atom. The maximum atomic E-state index is 4.22. The lowest BCUT2D eigenvalue weighted by atomic mass is 10.1. The van der Waals surface area contributed by atoms with Gasteiger partial charge in [-0.05, 0) is 18.1 Å². The van der Waals surface area contributed by atoms with Crippen molar-refractivity contribution in [2.24, 2.45) is 0 Å². The van der Waals surface area contributed by atoms with E-state index in [1.165, 1.54) is 5.56 Å². The monoisotopic (exact) mass is 176 g/mol. The van der Waals surface area contributed by atoms with Gasteiger partial charge in [0, 0.05) is 4.91 Å². The first-order chi connectivity index (χ1) is 5.75. The van der Waals surface area contributed by atoms with Crippen molar-refractivity contribution in [3.8, 4) is 0 Å². The molecule has 62 valence electrons. The number of benzene rings is 1. The van der Waals surface area contributed by atoms with E-state index in [1.807, 2.05) is 31.2 Å². The Morgan fingerprint density at radius 1 is 1.42 bits per heavy atom. The van der Waals surface area contributed by atoms with Gasteiger partial charge in [0.25, 0.3) is 0 Å². The van der Waals surface area contributed by atoms with E-state index in [2.05, 4.69) is 31.4 Å². The van der Waals surface area contributed by atoms with Crippen molar-refractivity contribution >= 4 is 23.6 Å². The predicted octanol–water partition coefficient (Wildman–Crippen LogP) is 3.62. The SMILES string of the molecule is C=C(S)c1ccccc1C=CC. The van der Waals surface area contributed by atoms with E-state index in [9.17, 15) is 0 Å². The van der Waals surface area contributed by atoms with E-state index in [-0.39, 0.29) is 0 Å². The normalized spacial score (nSPS) is 10.5. The van der Waals surface area contributed by atoms with E-state index in [0.717, 1.165) is 10.5 Å². The minimum Gasteiger partial charge on any atom is -0.143 e. The lowest BCUT2D eigenvalue weighted by Crippen LogP contribution is -1.81. The quantitative estimate of drug-likeness (QED) is 0.654. The maximum Gasteiger partial charge on any atom is 0.00465 e. The van der Waals surface area contributed by atoms with Crippen molar-refractivity contribution in [2.45, 2.75) is 6.92 Å².